The Kier molecular flexibility index (Phi) is 4.80. The van der Waals surface area contributed by atoms with Crippen LogP contribution in [0.1, 0.15) is 18.7 Å². The zero-order chi connectivity index (χ0) is 13.2. The summed E-state index contributed by atoms with van der Waals surface area (Å²) in [7, 11) is 2.05. The van der Waals surface area contributed by atoms with Crippen molar-refractivity contribution >= 4 is 12.4 Å². The van der Waals surface area contributed by atoms with Crippen molar-refractivity contribution in [2.24, 2.45) is 11.7 Å². The highest BCUT2D eigenvalue weighted by Crippen LogP contribution is 2.34. The first-order chi connectivity index (χ1) is 9.28. The van der Waals surface area contributed by atoms with Crippen LogP contribution in [0.3, 0.4) is 0 Å². The average Bonchev–Trinajstić information content (AvgIpc) is 2.93. The van der Waals surface area contributed by atoms with Crippen molar-refractivity contribution in [1.82, 2.24) is 15.0 Å². The van der Waals surface area contributed by atoms with Gasteiger partial charge in [-0.2, -0.15) is 4.98 Å². The van der Waals surface area contributed by atoms with E-state index in [0.717, 1.165) is 5.92 Å². The summed E-state index contributed by atoms with van der Waals surface area (Å²) in [6.45, 7) is 1.28. The normalized spacial score (nSPS) is 16.1. The number of halogens is 1. The third-order valence-electron chi connectivity index (χ3n) is 3.57. The maximum Gasteiger partial charge on any atom is 0.241 e. The molecule has 110 valence electrons. The molecule has 0 radical (unpaired) electrons. The van der Waals surface area contributed by atoms with Crippen molar-refractivity contribution in [3.8, 4) is 11.6 Å². The van der Waals surface area contributed by atoms with Crippen molar-refractivity contribution in [2.45, 2.75) is 25.4 Å². The van der Waals surface area contributed by atoms with Crippen molar-refractivity contribution < 1.29 is 8.94 Å². The molecule has 1 aliphatic rings. The average molecular weight is 299 g/mol. The minimum Gasteiger partial charge on any atom is -0.461 e. The Morgan fingerprint density at radius 3 is 2.90 bits per heavy atom. The fourth-order valence-corrected chi connectivity index (χ4v) is 2.37. The molecule has 1 unspecified atom stereocenters. The van der Waals surface area contributed by atoms with Gasteiger partial charge < -0.3 is 14.7 Å². The molecule has 20 heavy (non-hydrogen) atoms. The molecule has 2 heterocycles. The molecule has 0 bridgehead atoms. The van der Waals surface area contributed by atoms with Crippen LogP contribution in [0, 0.1) is 5.92 Å². The van der Waals surface area contributed by atoms with E-state index in [0.29, 0.717) is 36.6 Å². The van der Waals surface area contributed by atoms with Crippen LogP contribution in [0.25, 0.3) is 11.6 Å². The maximum atomic E-state index is 5.83. The predicted molar refractivity (Wildman–Crippen MR) is 76.3 cm³/mol. The summed E-state index contributed by atoms with van der Waals surface area (Å²) >= 11 is 0. The second-order valence-corrected chi connectivity index (χ2v) is 5.04. The standard InChI is InChI=1S/C13H18N4O2.ClH/c1-17(10(7-14)9-4-5-9)8-12-15-13(16-19-12)11-3-2-6-18-11;/h2-3,6,9-10H,4-5,7-8,14H2,1H3;1H. The number of nitrogens with two attached hydrogens (primary N) is 1. The molecule has 1 fully saturated rings. The SMILES string of the molecule is CN(Cc1nc(-c2ccco2)no1)C(CN)C1CC1.Cl. The number of hydrogen-bond acceptors (Lipinski definition) is 6. The molecule has 1 atom stereocenters. The predicted octanol–water partition coefficient (Wildman–Crippen LogP) is 1.92. The third kappa shape index (κ3) is 3.20. The minimum atomic E-state index is 0. The first-order valence-electron chi connectivity index (χ1n) is 6.54. The molecule has 0 saturated heterocycles. The zero-order valence-electron chi connectivity index (χ0n) is 11.4. The molecule has 7 heteroatoms. The number of hydrogen-bond donors (Lipinski definition) is 1. The molecule has 0 aliphatic heterocycles. The summed E-state index contributed by atoms with van der Waals surface area (Å²) in [5.41, 5.74) is 5.83. The van der Waals surface area contributed by atoms with Crippen molar-refractivity contribution in [3.05, 3.63) is 24.3 Å². The highest BCUT2D eigenvalue weighted by molar-refractivity contribution is 5.85. The monoisotopic (exact) mass is 298 g/mol. The van der Waals surface area contributed by atoms with E-state index in [-0.39, 0.29) is 12.4 Å². The van der Waals surface area contributed by atoms with Gasteiger partial charge in [0, 0.05) is 12.6 Å². The van der Waals surface area contributed by atoms with E-state index in [9.17, 15) is 0 Å². The lowest BCUT2D eigenvalue weighted by atomic mass is 10.1. The summed E-state index contributed by atoms with van der Waals surface area (Å²) in [5, 5.41) is 3.92. The Hall–Kier alpha value is -1.37. The van der Waals surface area contributed by atoms with Gasteiger partial charge >= 0.3 is 0 Å². The molecule has 0 amide bonds. The van der Waals surface area contributed by atoms with E-state index >= 15 is 0 Å². The van der Waals surface area contributed by atoms with Gasteiger partial charge in [-0.25, -0.2) is 0 Å². The van der Waals surface area contributed by atoms with E-state index in [4.69, 9.17) is 14.7 Å². The Bertz CT molecular complexity index is 524. The Morgan fingerprint density at radius 2 is 2.30 bits per heavy atom. The quantitative estimate of drug-likeness (QED) is 0.877. The summed E-state index contributed by atoms with van der Waals surface area (Å²) < 4.78 is 10.5. The van der Waals surface area contributed by atoms with Gasteiger partial charge in [0.1, 0.15) is 0 Å². The smallest absolute Gasteiger partial charge is 0.241 e. The maximum absolute atomic E-state index is 5.83. The largest absolute Gasteiger partial charge is 0.461 e. The van der Waals surface area contributed by atoms with Crippen molar-refractivity contribution in [2.75, 3.05) is 13.6 Å². The molecule has 1 aliphatic carbocycles. The fraction of sp³-hybridized carbons (Fsp3) is 0.538. The van der Waals surface area contributed by atoms with E-state index < -0.39 is 0 Å². The number of nitrogens with zero attached hydrogens (tertiary/aromatic N) is 3. The molecule has 0 spiro atoms. The van der Waals surface area contributed by atoms with Gasteiger partial charge in [0.05, 0.1) is 12.8 Å². The van der Waals surface area contributed by atoms with Gasteiger partial charge in [-0.15, -0.1) is 12.4 Å². The lowest BCUT2D eigenvalue weighted by Crippen LogP contribution is -2.39. The molecule has 0 aromatic carbocycles. The molecule has 3 rings (SSSR count). The molecule has 2 N–H and O–H groups in total. The number of likely N-dealkylation sites (N-methyl/N-ethyl adjacent to an activating group) is 1. The fourth-order valence-electron chi connectivity index (χ4n) is 2.37. The lowest BCUT2D eigenvalue weighted by Gasteiger charge is -2.25. The molecular weight excluding hydrogens is 280 g/mol. The van der Waals surface area contributed by atoms with E-state index in [1.807, 2.05) is 13.1 Å². The summed E-state index contributed by atoms with van der Waals surface area (Å²) in [6, 6.07) is 4.01. The number of furan rings is 1. The Labute approximate surface area is 123 Å². The van der Waals surface area contributed by atoms with Gasteiger partial charge in [-0.3, -0.25) is 4.90 Å². The van der Waals surface area contributed by atoms with Crippen LogP contribution in [-0.2, 0) is 6.54 Å². The van der Waals surface area contributed by atoms with Crippen molar-refractivity contribution in [3.63, 3.8) is 0 Å². The Balaban J connectivity index is 0.00000147. The lowest BCUT2D eigenvalue weighted by molar-refractivity contribution is 0.189. The number of aromatic nitrogens is 2. The van der Waals surface area contributed by atoms with E-state index in [2.05, 4.69) is 15.0 Å². The second kappa shape index (κ2) is 6.39. The van der Waals surface area contributed by atoms with Crippen molar-refractivity contribution in [1.29, 1.82) is 0 Å². The van der Waals surface area contributed by atoms with E-state index in [1.54, 1.807) is 12.3 Å². The van der Waals surface area contributed by atoms with Crippen LogP contribution in [-0.4, -0.2) is 34.7 Å². The second-order valence-electron chi connectivity index (χ2n) is 5.04. The first-order valence-corrected chi connectivity index (χ1v) is 6.54. The molecule has 6 nitrogen and oxygen atoms in total. The van der Waals surface area contributed by atoms with Gasteiger partial charge in [0.2, 0.25) is 11.7 Å². The molecule has 2 aromatic rings. The highest BCUT2D eigenvalue weighted by atomic mass is 35.5. The Morgan fingerprint density at radius 1 is 1.50 bits per heavy atom. The van der Waals surface area contributed by atoms with Gasteiger partial charge in [-0.05, 0) is 37.9 Å². The summed E-state index contributed by atoms with van der Waals surface area (Å²) in [6.07, 6.45) is 4.14. The van der Waals surface area contributed by atoms with Crippen LogP contribution >= 0.6 is 12.4 Å². The third-order valence-corrected chi connectivity index (χ3v) is 3.57. The van der Waals surface area contributed by atoms with Gasteiger partial charge in [-0.1, -0.05) is 5.16 Å². The van der Waals surface area contributed by atoms with Crippen LogP contribution in [0.15, 0.2) is 27.3 Å². The van der Waals surface area contributed by atoms with Gasteiger partial charge in [0.25, 0.3) is 0 Å². The van der Waals surface area contributed by atoms with Crippen LogP contribution in [0.5, 0.6) is 0 Å². The first kappa shape index (κ1) is 15.0. The highest BCUT2D eigenvalue weighted by Gasteiger charge is 2.33. The van der Waals surface area contributed by atoms with Crippen LogP contribution in [0.2, 0.25) is 0 Å². The topological polar surface area (TPSA) is 81.3 Å². The van der Waals surface area contributed by atoms with Crippen LogP contribution < -0.4 is 5.73 Å². The summed E-state index contributed by atoms with van der Waals surface area (Å²) in [5.74, 6) is 2.43. The van der Waals surface area contributed by atoms with Gasteiger partial charge in [0.15, 0.2) is 5.76 Å². The minimum absolute atomic E-state index is 0. The molecule has 2 aromatic heterocycles. The zero-order valence-corrected chi connectivity index (χ0v) is 12.2. The summed E-state index contributed by atoms with van der Waals surface area (Å²) in [4.78, 5) is 6.53. The van der Waals surface area contributed by atoms with Crippen LogP contribution in [0.4, 0.5) is 0 Å². The molecule has 1 saturated carbocycles. The number of rotatable bonds is 6. The van der Waals surface area contributed by atoms with E-state index in [1.165, 1.54) is 12.8 Å². The molecular formula is C13H19ClN4O2.